The van der Waals surface area contributed by atoms with Gasteiger partial charge in [-0.15, -0.1) is 11.6 Å². The first-order valence-electron chi connectivity index (χ1n) is 6.13. The van der Waals surface area contributed by atoms with E-state index in [4.69, 9.17) is 11.6 Å². The van der Waals surface area contributed by atoms with Crippen LogP contribution in [0.5, 0.6) is 0 Å². The smallest absolute Gasteiger partial charge is 0.0424 e. The van der Waals surface area contributed by atoms with Crippen LogP contribution in [0.1, 0.15) is 38.8 Å². The molecule has 1 heterocycles. The lowest BCUT2D eigenvalue weighted by atomic mass is 9.79. The van der Waals surface area contributed by atoms with Crippen molar-refractivity contribution in [2.45, 2.75) is 44.9 Å². The van der Waals surface area contributed by atoms with Crippen LogP contribution in [0, 0.1) is 11.3 Å². The molecule has 0 spiro atoms. The molecule has 0 radical (unpaired) electrons. The van der Waals surface area contributed by atoms with Gasteiger partial charge in [0.15, 0.2) is 0 Å². The van der Waals surface area contributed by atoms with Gasteiger partial charge in [0.1, 0.15) is 0 Å². The van der Waals surface area contributed by atoms with Crippen LogP contribution in [-0.2, 0) is 6.42 Å². The van der Waals surface area contributed by atoms with Gasteiger partial charge in [-0.2, -0.15) is 0 Å². The summed E-state index contributed by atoms with van der Waals surface area (Å²) >= 11 is 6.57. The summed E-state index contributed by atoms with van der Waals surface area (Å²) < 4.78 is 0. The van der Waals surface area contributed by atoms with Gasteiger partial charge in [-0.1, -0.05) is 26.3 Å². The molecule has 0 saturated heterocycles. The Balaban J connectivity index is 2.01. The van der Waals surface area contributed by atoms with Crippen LogP contribution in [-0.4, -0.2) is 10.4 Å². The van der Waals surface area contributed by atoms with E-state index < -0.39 is 0 Å². The highest BCUT2D eigenvalue weighted by atomic mass is 35.5. The maximum atomic E-state index is 6.57. The van der Waals surface area contributed by atoms with Gasteiger partial charge in [-0.05, 0) is 36.3 Å². The molecule has 2 heteroatoms. The van der Waals surface area contributed by atoms with Crippen LogP contribution >= 0.6 is 11.6 Å². The maximum Gasteiger partial charge on any atom is 0.0424 e. The first kappa shape index (κ1) is 11.9. The van der Waals surface area contributed by atoms with Gasteiger partial charge in [0.2, 0.25) is 0 Å². The van der Waals surface area contributed by atoms with Crippen LogP contribution in [0.15, 0.2) is 24.4 Å². The third kappa shape index (κ3) is 2.57. The second-order valence-corrected chi connectivity index (χ2v) is 6.09. The van der Waals surface area contributed by atoms with Crippen molar-refractivity contribution in [2.75, 3.05) is 0 Å². The zero-order valence-corrected chi connectivity index (χ0v) is 10.9. The van der Waals surface area contributed by atoms with E-state index in [1.165, 1.54) is 19.3 Å². The molecule has 0 N–H and O–H groups in total. The Kier molecular flexibility index (Phi) is 3.53. The lowest BCUT2D eigenvalue weighted by Crippen LogP contribution is -2.27. The van der Waals surface area contributed by atoms with Gasteiger partial charge in [-0.25, -0.2) is 0 Å². The van der Waals surface area contributed by atoms with Crippen LogP contribution in [0.2, 0.25) is 0 Å². The topological polar surface area (TPSA) is 12.9 Å². The van der Waals surface area contributed by atoms with Crippen molar-refractivity contribution in [1.29, 1.82) is 0 Å². The predicted molar refractivity (Wildman–Crippen MR) is 68.7 cm³/mol. The quantitative estimate of drug-likeness (QED) is 0.723. The zero-order valence-electron chi connectivity index (χ0n) is 10.1. The number of aromatic nitrogens is 1. The Morgan fingerprint density at radius 3 is 2.88 bits per heavy atom. The highest BCUT2D eigenvalue weighted by molar-refractivity contribution is 6.21. The molecule has 2 atom stereocenters. The van der Waals surface area contributed by atoms with Crippen molar-refractivity contribution < 1.29 is 0 Å². The number of rotatable bonds is 3. The fourth-order valence-corrected chi connectivity index (χ4v) is 3.51. The largest absolute Gasteiger partial charge is 0.261 e. The molecular weight excluding hydrogens is 218 g/mol. The summed E-state index contributed by atoms with van der Waals surface area (Å²) in [7, 11) is 0. The maximum absolute atomic E-state index is 6.57. The lowest BCUT2D eigenvalue weighted by Gasteiger charge is -2.30. The summed E-state index contributed by atoms with van der Waals surface area (Å²) in [5, 5.41) is 0.229. The molecule has 1 aromatic rings. The summed E-state index contributed by atoms with van der Waals surface area (Å²) in [5.74, 6) is 0.635. The molecule has 2 rings (SSSR count). The average Bonchev–Trinajstić information content (AvgIpc) is 2.59. The van der Waals surface area contributed by atoms with Crippen molar-refractivity contribution in [2.24, 2.45) is 11.3 Å². The molecule has 1 aromatic heterocycles. The minimum absolute atomic E-state index is 0.229. The summed E-state index contributed by atoms with van der Waals surface area (Å²) in [6.07, 6.45) is 6.65. The fraction of sp³-hybridized carbons (Fsp3) is 0.643. The molecule has 2 unspecified atom stereocenters. The summed E-state index contributed by atoms with van der Waals surface area (Å²) in [6.45, 7) is 4.69. The molecule has 1 fully saturated rings. The van der Waals surface area contributed by atoms with E-state index in [0.717, 1.165) is 12.1 Å². The Morgan fingerprint density at radius 2 is 2.31 bits per heavy atom. The molecule has 1 aliphatic rings. The Bertz CT molecular complexity index is 334. The van der Waals surface area contributed by atoms with Crippen LogP contribution in [0.4, 0.5) is 0 Å². The monoisotopic (exact) mass is 237 g/mol. The van der Waals surface area contributed by atoms with E-state index in [-0.39, 0.29) is 5.38 Å². The minimum atomic E-state index is 0.229. The molecule has 88 valence electrons. The average molecular weight is 238 g/mol. The molecule has 1 saturated carbocycles. The zero-order chi connectivity index (χ0) is 11.6. The molecule has 0 aliphatic heterocycles. The Morgan fingerprint density at radius 1 is 1.50 bits per heavy atom. The van der Waals surface area contributed by atoms with E-state index >= 15 is 0 Å². The van der Waals surface area contributed by atoms with Gasteiger partial charge >= 0.3 is 0 Å². The van der Waals surface area contributed by atoms with E-state index in [1.807, 2.05) is 18.3 Å². The molecule has 0 bridgehead atoms. The Labute approximate surface area is 103 Å². The molecule has 0 amide bonds. The number of nitrogens with zero attached hydrogens (tertiary/aromatic N) is 1. The second kappa shape index (κ2) is 4.75. The molecule has 1 nitrogen and oxygen atoms in total. The normalized spacial score (nSPS) is 25.6. The SMILES string of the molecule is CC1(C)CCCC1C(Cl)Cc1ccccn1. The number of pyridine rings is 1. The van der Waals surface area contributed by atoms with Gasteiger partial charge < -0.3 is 0 Å². The molecular formula is C14H20ClN. The van der Waals surface area contributed by atoms with Crippen molar-refractivity contribution in [1.82, 2.24) is 4.98 Å². The standard InChI is InChI=1S/C14H20ClN/c1-14(2)8-5-7-12(14)13(15)10-11-6-3-4-9-16-11/h3-4,6,9,12-13H,5,7-8,10H2,1-2H3. The number of hydrogen-bond acceptors (Lipinski definition) is 1. The molecule has 0 aromatic carbocycles. The minimum Gasteiger partial charge on any atom is -0.261 e. The third-order valence-electron chi connectivity index (χ3n) is 3.91. The van der Waals surface area contributed by atoms with E-state index in [1.54, 1.807) is 0 Å². The van der Waals surface area contributed by atoms with Gasteiger partial charge in [0.05, 0.1) is 0 Å². The number of hydrogen-bond donors (Lipinski definition) is 0. The number of halogens is 1. The third-order valence-corrected chi connectivity index (χ3v) is 4.37. The van der Waals surface area contributed by atoms with Gasteiger partial charge in [-0.3, -0.25) is 4.98 Å². The second-order valence-electron chi connectivity index (χ2n) is 5.53. The van der Waals surface area contributed by atoms with Crippen molar-refractivity contribution in [3.8, 4) is 0 Å². The fourth-order valence-electron chi connectivity index (χ4n) is 2.89. The van der Waals surface area contributed by atoms with E-state index in [9.17, 15) is 0 Å². The summed E-state index contributed by atoms with van der Waals surface area (Å²) in [6, 6.07) is 6.05. The highest BCUT2D eigenvalue weighted by Gasteiger charge is 2.38. The number of alkyl halides is 1. The van der Waals surface area contributed by atoms with Gasteiger partial charge in [0, 0.05) is 23.7 Å². The highest BCUT2D eigenvalue weighted by Crippen LogP contribution is 2.46. The summed E-state index contributed by atoms with van der Waals surface area (Å²) in [5.41, 5.74) is 1.52. The Hall–Kier alpha value is -0.560. The van der Waals surface area contributed by atoms with Crippen molar-refractivity contribution >= 4 is 11.6 Å². The predicted octanol–water partition coefficient (Wildman–Crippen LogP) is 4.06. The van der Waals surface area contributed by atoms with Crippen molar-refractivity contribution in [3.05, 3.63) is 30.1 Å². The van der Waals surface area contributed by atoms with Crippen LogP contribution < -0.4 is 0 Å². The van der Waals surface area contributed by atoms with E-state index in [2.05, 4.69) is 24.9 Å². The first-order valence-corrected chi connectivity index (χ1v) is 6.57. The lowest BCUT2D eigenvalue weighted by molar-refractivity contribution is 0.250. The first-order chi connectivity index (χ1) is 7.59. The molecule has 16 heavy (non-hydrogen) atoms. The van der Waals surface area contributed by atoms with Crippen molar-refractivity contribution in [3.63, 3.8) is 0 Å². The summed E-state index contributed by atoms with van der Waals surface area (Å²) in [4.78, 5) is 4.35. The van der Waals surface area contributed by atoms with Crippen LogP contribution in [0.3, 0.4) is 0 Å². The molecule has 1 aliphatic carbocycles. The van der Waals surface area contributed by atoms with Gasteiger partial charge in [0.25, 0.3) is 0 Å². The van der Waals surface area contributed by atoms with Crippen LogP contribution in [0.25, 0.3) is 0 Å². The van der Waals surface area contributed by atoms with E-state index in [0.29, 0.717) is 11.3 Å².